The molecule has 1 aromatic carbocycles. The highest BCUT2D eigenvalue weighted by molar-refractivity contribution is 6.06. The second-order valence-electron chi connectivity index (χ2n) is 4.98. The molecule has 0 aliphatic rings. The van der Waals surface area contributed by atoms with Crippen LogP contribution in [0.15, 0.2) is 48.8 Å². The minimum Gasteiger partial charge on any atom is -0.341 e. The molecule has 0 saturated heterocycles. The molecule has 106 valence electrons. The number of carbonyl (C=O) groups excluding carboxylic acids is 1. The largest absolute Gasteiger partial charge is 0.341 e. The van der Waals surface area contributed by atoms with Crippen LogP contribution in [0.3, 0.4) is 0 Å². The minimum atomic E-state index is -0.285. The zero-order valence-corrected chi connectivity index (χ0v) is 11.7. The molecule has 1 amide bonds. The van der Waals surface area contributed by atoms with E-state index in [1.165, 1.54) is 5.56 Å². The number of hydrogen-bond acceptors (Lipinski definition) is 3. The Labute approximate surface area is 122 Å². The summed E-state index contributed by atoms with van der Waals surface area (Å²) in [6.07, 6.45) is 3.77. The summed E-state index contributed by atoms with van der Waals surface area (Å²) >= 11 is 0. The monoisotopic (exact) mass is 280 g/mol. The van der Waals surface area contributed by atoms with Crippen molar-refractivity contribution in [3.63, 3.8) is 0 Å². The SMILES string of the molecule is Cc1ccnc(Cn2ccc3c(C(=O)NN)cccc32)c1. The zero-order valence-electron chi connectivity index (χ0n) is 11.7. The predicted molar refractivity (Wildman–Crippen MR) is 81.7 cm³/mol. The van der Waals surface area contributed by atoms with E-state index in [1.54, 1.807) is 6.07 Å². The predicted octanol–water partition coefficient (Wildman–Crippen LogP) is 2.00. The van der Waals surface area contributed by atoms with Gasteiger partial charge in [0.25, 0.3) is 5.91 Å². The van der Waals surface area contributed by atoms with Gasteiger partial charge in [0, 0.05) is 23.3 Å². The lowest BCUT2D eigenvalue weighted by Crippen LogP contribution is -2.30. The lowest BCUT2D eigenvalue weighted by Gasteiger charge is -2.07. The van der Waals surface area contributed by atoms with Gasteiger partial charge in [-0.3, -0.25) is 15.2 Å². The van der Waals surface area contributed by atoms with Crippen LogP contribution in [0.25, 0.3) is 10.9 Å². The summed E-state index contributed by atoms with van der Waals surface area (Å²) < 4.78 is 2.07. The van der Waals surface area contributed by atoms with Gasteiger partial charge in [0.2, 0.25) is 0 Å². The van der Waals surface area contributed by atoms with Gasteiger partial charge in [0.15, 0.2) is 0 Å². The average molecular weight is 280 g/mol. The standard InChI is InChI=1S/C16H16N4O/c1-11-5-7-18-12(9-11)10-20-8-6-13-14(16(21)19-17)3-2-4-15(13)20/h2-9H,10,17H2,1H3,(H,19,21). The second-order valence-corrected chi connectivity index (χ2v) is 4.98. The first-order valence-corrected chi connectivity index (χ1v) is 6.69. The van der Waals surface area contributed by atoms with Gasteiger partial charge in [0.1, 0.15) is 0 Å². The molecule has 0 aliphatic carbocycles. The number of nitrogens with zero attached hydrogens (tertiary/aromatic N) is 2. The van der Waals surface area contributed by atoms with E-state index in [0.717, 1.165) is 16.6 Å². The van der Waals surface area contributed by atoms with Crippen molar-refractivity contribution in [3.8, 4) is 0 Å². The fourth-order valence-corrected chi connectivity index (χ4v) is 2.50. The number of hydrazine groups is 1. The number of nitrogen functional groups attached to an aromatic ring is 1. The van der Waals surface area contributed by atoms with E-state index < -0.39 is 0 Å². The van der Waals surface area contributed by atoms with Crippen molar-refractivity contribution in [1.82, 2.24) is 15.0 Å². The van der Waals surface area contributed by atoms with Crippen molar-refractivity contribution in [3.05, 3.63) is 65.6 Å². The highest BCUT2D eigenvalue weighted by Gasteiger charge is 2.11. The molecule has 0 spiro atoms. The van der Waals surface area contributed by atoms with Crippen LogP contribution in [0.4, 0.5) is 0 Å². The van der Waals surface area contributed by atoms with Crippen LogP contribution in [0.5, 0.6) is 0 Å². The number of amides is 1. The van der Waals surface area contributed by atoms with Crippen LogP contribution in [0, 0.1) is 6.92 Å². The van der Waals surface area contributed by atoms with Gasteiger partial charge in [-0.2, -0.15) is 0 Å². The Hall–Kier alpha value is -2.66. The molecule has 3 N–H and O–H groups in total. The molecule has 0 atom stereocenters. The molecule has 2 aromatic heterocycles. The molecular weight excluding hydrogens is 264 g/mol. The first kappa shape index (κ1) is 13.3. The molecule has 2 heterocycles. The van der Waals surface area contributed by atoms with E-state index in [4.69, 9.17) is 5.84 Å². The molecule has 0 bridgehead atoms. The van der Waals surface area contributed by atoms with Crippen LogP contribution in [-0.2, 0) is 6.54 Å². The first-order valence-electron chi connectivity index (χ1n) is 6.69. The molecule has 0 saturated carbocycles. The molecule has 5 nitrogen and oxygen atoms in total. The highest BCUT2D eigenvalue weighted by atomic mass is 16.2. The zero-order chi connectivity index (χ0) is 14.8. The summed E-state index contributed by atoms with van der Waals surface area (Å²) in [5.74, 6) is 4.94. The van der Waals surface area contributed by atoms with E-state index in [9.17, 15) is 4.79 Å². The van der Waals surface area contributed by atoms with E-state index in [1.807, 2.05) is 43.6 Å². The number of pyridine rings is 1. The third-order valence-electron chi connectivity index (χ3n) is 3.49. The van der Waals surface area contributed by atoms with Crippen molar-refractivity contribution < 1.29 is 4.79 Å². The Balaban J connectivity index is 2.03. The maximum atomic E-state index is 11.8. The Bertz CT molecular complexity index is 807. The lowest BCUT2D eigenvalue weighted by molar-refractivity contribution is 0.0955. The van der Waals surface area contributed by atoms with Crippen molar-refractivity contribution in [1.29, 1.82) is 0 Å². The van der Waals surface area contributed by atoms with Gasteiger partial charge in [-0.1, -0.05) is 6.07 Å². The van der Waals surface area contributed by atoms with Crippen molar-refractivity contribution in [2.45, 2.75) is 13.5 Å². The number of nitrogens with one attached hydrogen (secondary N) is 1. The number of fused-ring (bicyclic) bond motifs is 1. The molecule has 5 heteroatoms. The third kappa shape index (κ3) is 2.51. The van der Waals surface area contributed by atoms with E-state index in [0.29, 0.717) is 12.1 Å². The quantitative estimate of drug-likeness (QED) is 0.438. The van der Waals surface area contributed by atoms with E-state index in [2.05, 4.69) is 21.0 Å². The number of rotatable bonds is 3. The molecule has 21 heavy (non-hydrogen) atoms. The van der Waals surface area contributed by atoms with Crippen LogP contribution >= 0.6 is 0 Å². The summed E-state index contributed by atoms with van der Waals surface area (Å²) in [7, 11) is 0. The fraction of sp³-hybridized carbons (Fsp3) is 0.125. The summed E-state index contributed by atoms with van der Waals surface area (Å²) in [5.41, 5.74) is 5.91. The summed E-state index contributed by atoms with van der Waals surface area (Å²) in [4.78, 5) is 16.2. The topological polar surface area (TPSA) is 72.9 Å². The fourth-order valence-electron chi connectivity index (χ4n) is 2.50. The molecule has 3 rings (SSSR count). The van der Waals surface area contributed by atoms with Crippen molar-refractivity contribution >= 4 is 16.8 Å². The van der Waals surface area contributed by atoms with Gasteiger partial charge < -0.3 is 4.57 Å². The van der Waals surface area contributed by atoms with Crippen LogP contribution in [0.1, 0.15) is 21.6 Å². The number of carbonyl (C=O) groups is 1. The van der Waals surface area contributed by atoms with Gasteiger partial charge >= 0.3 is 0 Å². The Kier molecular flexibility index (Phi) is 3.41. The molecule has 0 aliphatic heterocycles. The van der Waals surface area contributed by atoms with Gasteiger partial charge in [-0.05, 0) is 42.8 Å². The number of aromatic nitrogens is 2. The molecule has 0 radical (unpaired) electrons. The van der Waals surface area contributed by atoms with Crippen LogP contribution in [0.2, 0.25) is 0 Å². The highest BCUT2D eigenvalue weighted by Crippen LogP contribution is 2.21. The smallest absolute Gasteiger partial charge is 0.265 e. The minimum absolute atomic E-state index is 0.285. The Morgan fingerprint density at radius 2 is 2.19 bits per heavy atom. The normalized spacial score (nSPS) is 10.8. The second kappa shape index (κ2) is 5.38. The molecular formula is C16H16N4O. The lowest BCUT2D eigenvalue weighted by atomic mass is 10.1. The van der Waals surface area contributed by atoms with E-state index >= 15 is 0 Å². The number of benzene rings is 1. The maximum absolute atomic E-state index is 11.8. The summed E-state index contributed by atoms with van der Waals surface area (Å²) in [6.45, 7) is 2.71. The van der Waals surface area contributed by atoms with Crippen LogP contribution in [-0.4, -0.2) is 15.5 Å². The average Bonchev–Trinajstić information content (AvgIpc) is 2.90. The Morgan fingerprint density at radius 3 is 2.95 bits per heavy atom. The van der Waals surface area contributed by atoms with E-state index in [-0.39, 0.29) is 5.91 Å². The number of aryl methyl sites for hydroxylation is 1. The summed E-state index contributed by atoms with van der Waals surface area (Å²) in [6, 6.07) is 11.6. The van der Waals surface area contributed by atoms with Gasteiger partial charge in [-0.25, -0.2) is 5.84 Å². The number of hydrogen-bond donors (Lipinski definition) is 2. The van der Waals surface area contributed by atoms with Crippen LogP contribution < -0.4 is 11.3 Å². The summed E-state index contributed by atoms with van der Waals surface area (Å²) in [5, 5.41) is 0.883. The molecule has 3 aromatic rings. The number of nitrogens with two attached hydrogens (primary N) is 1. The Morgan fingerprint density at radius 1 is 1.33 bits per heavy atom. The van der Waals surface area contributed by atoms with Crippen molar-refractivity contribution in [2.75, 3.05) is 0 Å². The van der Waals surface area contributed by atoms with Crippen molar-refractivity contribution in [2.24, 2.45) is 5.84 Å². The first-order chi connectivity index (χ1) is 10.2. The third-order valence-corrected chi connectivity index (χ3v) is 3.49. The van der Waals surface area contributed by atoms with Gasteiger partial charge in [0.05, 0.1) is 17.8 Å². The molecule has 0 fully saturated rings. The van der Waals surface area contributed by atoms with Gasteiger partial charge in [-0.15, -0.1) is 0 Å². The maximum Gasteiger partial charge on any atom is 0.265 e. The molecule has 0 unspecified atom stereocenters.